The van der Waals surface area contributed by atoms with Gasteiger partial charge in [0.05, 0.1) is 0 Å². The first-order valence-corrected chi connectivity index (χ1v) is 3.57. The molecule has 0 aliphatic carbocycles. The summed E-state index contributed by atoms with van der Waals surface area (Å²) in [6, 6.07) is 3.53. The molecule has 1 radical (unpaired) electrons. The molecule has 1 aromatic rings. The number of pyridine rings is 1. The van der Waals surface area contributed by atoms with E-state index in [2.05, 4.69) is 11.9 Å². The van der Waals surface area contributed by atoms with E-state index in [0.29, 0.717) is 18.4 Å². The van der Waals surface area contributed by atoms with Crippen molar-refractivity contribution < 1.29 is 4.79 Å². The molecule has 2 nitrogen and oxygen atoms in total. The van der Waals surface area contributed by atoms with Crippen LogP contribution in [0.25, 0.3) is 0 Å². The number of hydrogen-bond acceptors (Lipinski definition) is 2. The first-order valence-electron chi connectivity index (χ1n) is 3.57. The van der Waals surface area contributed by atoms with Gasteiger partial charge in [-0.2, -0.15) is 0 Å². The Bertz CT molecular complexity index is 231. The van der Waals surface area contributed by atoms with Crippen molar-refractivity contribution in [2.45, 2.75) is 12.8 Å². The minimum absolute atomic E-state index is 0.119. The van der Waals surface area contributed by atoms with E-state index >= 15 is 0 Å². The Labute approximate surface area is 66.3 Å². The van der Waals surface area contributed by atoms with Gasteiger partial charge >= 0.3 is 0 Å². The average molecular weight is 148 g/mol. The molecule has 0 aromatic carbocycles. The maximum absolute atomic E-state index is 11.2. The van der Waals surface area contributed by atoms with Crippen LogP contribution in [-0.2, 0) is 0 Å². The third-order valence-electron chi connectivity index (χ3n) is 1.39. The lowest BCUT2D eigenvalue weighted by molar-refractivity contribution is 0.0983. The molecule has 0 bridgehead atoms. The Kier molecular flexibility index (Phi) is 2.78. The zero-order chi connectivity index (χ0) is 8.10. The van der Waals surface area contributed by atoms with Crippen LogP contribution in [0.1, 0.15) is 23.2 Å². The quantitative estimate of drug-likeness (QED) is 0.612. The normalized spacial score (nSPS) is 9.55. The van der Waals surface area contributed by atoms with Gasteiger partial charge in [0.25, 0.3) is 0 Å². The van der Waals surface area contributed by atoms with Crippen molar-refractivity contribution in [2.75, 3.05) is 0 Å². The van der Waals surface area contributed by atoms with Crippen LogP contribution >= 0.6 is 0 Å². The molecule has 1 heterocycles. The number of nitrogens with zero attached hydrogens (tertiary/aromatic N) is 1. The largest absolute Gasteiger partial charge is 0.294 e. The Hall–Kier alpha value is -1.18. The van der Waals surface area contributed by atoms with E-state index in [1.807, 2.05) is 0 Å². The van der Waals surface area contributed by atoms with Crippen molar-refractivity contribution in [3.05, 3.63) is 37.0 Å². The topological polar surface area (TPSA) is 30.0 Å². The molecule has 0 N–H and O–H groups in total. The molecule has 0 atom stereocenters. The van der Waals surface area contributed by atoms with Crippen molar-refractivity contribution in [1.29, 1.82) is 0 Å². The molecule has 11 heavy (non-hydrogen) atoms. The van der Waals surface area contributed by atoms with E-state index in [1.54, 1.807) is 24.5 Å². The average Bonchev–Trinajstić information content (AvgIpc) is 2.07. The number of carbonyl (C=O) groups excluding carboxylic acids is 1. The maximum Gasteiger partial charge on any atom is 0.164 e. The van der Waals surface area contributed by atoms with Crippen LogP contribution in [0, 0.1) is 6.92 Å². The fourth-order valence-electron chi connectivity index (χ4n) is 0.833. The zero-order valence-corrected chi connectivity index (χ0v) is 6.29. The minimum atomic E-state index is 0.119. The third-order valence-corrected chi connectivity index (χ3v) is 1.39. The molecule has 1 rings (SSSR count). The number of rotatable bonds is 3. The predicted octanol–water partition coefficient (Wildman–Crippen LogP) is 1.88. The van der Waals surface area contributed by atoms with E-state index < -0.39 is 0 Å². The molecule has 0 aliphatic rings. The van der Waals surface area contributed by atoms with E-state index in [4.69, 9.17) is 0 Å². The zero-order valence-electron chi connectivity index (χ0n) is 6.29. The van der Waals surface area contributed by atoms with Crippen LogP contribution in [-0.4, -0.2) is 10.8 Å². The Morgan fingerprint density at radius 1 is 1.64 bits per heavy atom. The Morgan fingerprint density at radius 2 is 2.45 bits per heavy atom. The van der Waals surface area contributed by atoms with Gasteiger partial charge in [-0.3, -0.25) is 9.78 Å². The molecule has 0 aliphatic heterocycles. The highest BCUT2D eigenvalue weighted by atomic mass is 16.1. The van der Waals surface area contributed by atoms with Gasteiger partial charge < -0.3 is 0 Å². The molecule has 1 aromatic heterocycles. The second-order valence-corrected chi connectivity index (χ2v) is 2.27. The van der Waals surface area contributed by atoms with Crippen molar-refractivity contribution in [3.63, 3.8) is 0 Å². The summed E-state index contributed by atoms with van der Waals surface area (Å²) in [5, 5.41) is 0. The highest BCUT2D eigenvalue weighted by molar-refractivity contribution is 5.95. The molecular weight excluding hydrogens is 138 g/mol. The number of hydrogen-bond donors (Lipinski definition) is 0. The molecule has 0 saturated heterocycles. The molecule has 0 amide bonds. The second kappa shape index (κ2) is 3.86. The lowest BCUT2D eigenvalue weighted by atomic mass is 10.1. The van der Waals surface area contributed by atoms with Gasteiger partial charge in [0.15, 0.2) is 5.78 Å². The summed E-state index contributed by atoms with van der Waals surface area (Å²) in [6.07, 6.45) is 4.39. The van der Waals surface area contributed by atoms with Gasteiger partial charge in [-0.05, 0) is 18.6 Å². The summed E-state index contributed by atoms with van der Waals surface area (Å²) in [5.74, 6) is 0.119. The fraction of sp³-hybridized carbons (Fsp3) is 0.222. The molecule has 2 heteroatoms. The summed E-state index contributed by atoms with van der Waals surface area (Å²) in [6.45, 7) is 3.61. The lowest BCUT2D eigenvalue weighted by Crippen LogP contribution is -1.97. The molecular formula is C9H10NO. The van der Waals surface area contributed by atoms with Gasteiger partial charge in [0.1, 0.15) is 0 Å². The van der Waals surface area contributed by atoms with Gasteiger partial charge in [-0.25, -0.2) is 0 Å². The standard InChI is InChI=1S/C9H10NO/c1-2-4-9(11)8-5-3-6-10-7-8/h3,5-7H,1-2,4H2. The molecule has 0 spiro atoms. The smallest absolute Gasteiger partial charge is 0.164 e. The van der Waals surface area contributed by atoms with Gasteiger partial charge in [-0.15, -0.1) is 0 Å². The predicted molar refractivity (Wildman–Crippen MR) is 43.2 cm³/mol. The fourth-order valence-corrected chi connectivity index (χ4v) is 0.833. The van der Waals surface area contributed by atoms with Crippen LogP contribution in [0.5, 0.6) is 0 Å². The van der Waals surface area contributed by atoms with Crippen LogP contribution in [0.4, 0.5) is 0 Å². The first kappa shape index (κ1) is 7.92. The first-order chi connectivity index (χ1) is 5.34. The SMILES string of the molecule is [CH2]CCC(=O)c1cccnc1. The summed E-state index contributed by atoms with van der Waals surface area (Å²) >= 11 is 0. The Balaban J connectivity index is 2.69. The summed E-state index contributed by atoms with van der Waals surface area (Å²) in [5.41, 5.74) is 0.677. The van der Waals surface area contributed by atoms with Crippen LogP contribution in [0.3, 0.4) is 0 Å². The van der Waals surface area contributed by atoms with Gasteiger partial charge in [0, 0.05) is 24.4 Å². The van der Waals surface area contributed by atoms with E-state index in [-0.39, 0.29) is 5.78 Å². The minimum Gasteiger partial charge on any atom is -0.294 e. The van der Waals surface area contributed by atoms with Crippen molar-refractivity contribution in [3.8, 4) is 0 Å². The lowest BCUT2D eigenvalue weighted by Gasteiger charge is -1.95. The van der Waals surface area contributed by atoms with Crippen LogP contribution < -0.4 is 0 Å². The monoisotopic (exact) mass is 148 g/mol. The molecule has 57 valence electrons. The Morgan fingerprint density at radius 3 is 3.00 bits per heavy atom. The highest BCUT2D eigenvalue weighted by Crippen LogP contribution is 2.01. The van der Waals surface area contributed by atoms with Crippen molar-refractivity contribution >= 4 is 5.78 Å². The summed E-state index contributed by atoms with van der Waals surface area (Å²) < 4.78 is 0. The second-order valence-electron chi connectivity index (χ2n) is 2.27. The number of Topliss-reactive ketones (excluding diaryl/α,β-unsaturated/α-hetero) is 1. The third kappa shape index (κ3) is 2.15. The number of carbonyl (C=O) groups is 1. The van der Waals surface area contributed by atoms with Crippen LogP contribution in [0.15, 0.2) is 24.5 Å². The van der Waals surface area contributed by atoms with Crippen molar-refractivity contribution in [1.82, 2.24) is 4.98 Å². The van der Waals surface area contributed by atoms with E-state index in [1.165, 1.54) is 0 Å². The molecule has 0 fully saturated rings. The van der Waals surface area contributed by atoms with Gasteiger partial charge in [0.2, 0.25) is 0 Å². The van der Waals surface area contributed by atoms with Crippen LogP contribution in [0.2, 0.25) is 0 Å². The summed E-state index contributed by atoms with van der Waals surface area (Å²) in [4.78, 5) is 15.0. The van der Waals surface area contributed by atoms with Crippen molar-refractivity contribution in [2.24, 2.45) is 0 Å². The van der Waals surface area contributed by atoms with Gasteiger partial charge in [-0.1, -0.05) is 6.92 Å². The summed E-state index contributed by atoms with van der Waals surface area (Å²) in [7, 11) is 0. The van der Waals surface area contributed by atoms with E-state index in [9.17, 15) is 4.79 Å². The highest BCUT2D eigenvalue weighted by Gasteiger charge is 2.01. The van der Waals surface area contributed by atoms with E-state index in [0.717, 1.165) is 0 Å². The molecule has 0 saturated carbocycles. The number of aromatic nitrogens is 1. The molecule has 0 unspecified atom stereocenters. The maximum atomic E-state index is 11.2. The number of ketones is 1.